The Bertz CT molecular complexity index is 129. The second-order valence-corrected chi connectivity index (χ2v) is 5.18. The summed E-state index contributed by atoms with van der Waals surface area (Å²) in [4.78, 5) is 0. The standard InChI is InChI=1S/C12H23/c1-5-10-8-6-7-9-11(10)12(2,3)4/h11H,5-9H2,1-4H3. The summed E-state index contributed by atoms with van der Waals surface area (Å²) in [7, 11) is 0. The predicted octanol–water partition coefficient (Wildman–Crippen LogP) is 4.21. The zero-order chi connectivity index (χ0) is 9.19. The second kappa shape index (κ2) is 3.81. The van der Waals surface area contributed by atoms with E-state index in [1.54, 1.807) is 0 Å². The van der Waals surface area contributed by atoms with E-state index in [1.807, 2.05) is 5.92 Å². The molecule has 0 aromatic heterocycles. The molecule has 1 fully saturated rings. The predicted molar refractivity (Wildman–Crippen MR) is 54.9 cm³/mol. The van der Waals surface area contributed by atoms with Gasteiger partial charge in [0.1, 0.15) is 0 Å². The van der Waals surface area contributed by atoms with Crippen LogP contribution in [0.1, 0.15) is 59.8 Å². The van der Waals surface area contributed by atoms with E-state index in [-0.39, 0.29) is 0 Å². The minimum absolute atomic E-state index is 0.506. The van der Waals surface area contributed by atoms with Crippen molar-refractivity contribution in [1.29, 1.82) is 0 Å². The van der Waals surface area contributed by atoms with Crippen molar-refractivity contribution in [2.75, 3.05) is 0 Å². The van der Waals surface area contributed by atoms with Gasteiger partial charge >= 0.3 is 0 Å². The first-order valence-electron chi connectivity index (χ1n) is 5.40. The molecule has 12 heavy (non-hydrogen) atoms. The summed E-state index contributed by atoms with van der Waals surface area (Å²) in [5.74, 6) is 2.73. The van der Waals surface area contributed by atoms with Crippen molar-refractivity contribution in [3.05, 3.63) is 5.92 Å². The Labute approximate surface area is 77.7 Å². The summed E-state index contributed by atoms with van der Waals surface area (Å²) < 4.78 is 0. The van der Waals surface area contributed by atoms with Gasteiger partial charge in [0.15, 0.2) is 0 Å². The molecular formula is C12H23. The fraction of sp³-hybridized carbons (Fsp3) is 0.917. The molecule has 0 bridgehead atoms. The SMILES string of the molecule is CC[C]1CCCCC1C(C)(C)C. The topological polar surface area (TPSA) is 0 Å². The minimum Gasteiger partial charge on any atom is -0.0648 e. The van der Waals surface area contributed by atoms with Gasteiger partial charge in [-0.3, -0.25) is 0 Å². The van der Waals surface area contributed by atoms with Crippen molar-refractivity contribution >= 4 is 0 Å². The van der Waals surface area contributed by atoms with Gasteiger partial charge in [-0.15, -0.1) is 0 Å². The van der Waals surface area contributed by atoms with E-state index in [4.69, 9.17) is 0 Å². The number of hydrogen-bond acceptors (Lipinski definition) is 0. The molecule has 1 saturated carbocycles. The molecule has 0 aliphatic heterocycles. The minimum atomic E-state index is 0.506. The normalized spacial score (nSPS) is 27.5. The summed E-state index contributed by atoms with van der Waals surface area (Å²) in [6, 6.07) is 0. The lowest BCUT2D eigenvalue weighted by atomic mass is 9.66. The van der Waals surface area contributed by atoms with E-state index in [1.165, 1.54) is 32.1 Å². The van der Waals surface area contributed by atoms with Gasteiger partial charge < -0.3 is 0 Å². The van der Waals surface area contributed by atoms with Crippen molar-refractivity contribution in [2.45, 2.75) is 59.8 Å². The maximum absolute atomic E-state index is 2.39. The Morgan fingerprint density at radius 3 is 2.33 bits per heavy atom. The smallest absolute Gasteiger partial charge is 0.0208 e. The lowest BCUT2D eigenvalue weighted by molar-refractivity contribution is 0.197. The highest BCUT2D eigenvalue weighted by atomic mass is 14.4. The van der Waals surface area contributed by atoms with Crippen molar-refractivity contribution < 1.29 is 0 Å². The van der Waals surface area contributed by atoms with E-state index in [9.17, 15) is 0 Å². The Hall–Kier alpha value is 0. The Kier molecular flexibility index (Phi) is 3.20. The maximum atomic E-state index is 2.39. The van der Waals surface area contributed by atoms with Crippen LogP contribution < -0.4 is 0 Å². The van der Waals surface area contributed by atoms with Gasteiger partial charge in [0.2, 0.25) is 0 Å². The molecule has 0 amide bonds. The van der Waals surface area contributed by atoms with Gasteiger partial charge in [0, 0.05) is 0 Å². The number of rotatable bonds is 1. The van der Waals surface area contributed by atoms with Gasteiger partial charge in [-0.1, -0.05) is 40.5 Å². The van der Waals surface area contributed by atoms with Crippen LogP contribution in [0.15, 0.2) is 0 Å². The molecule has 0 N–H and O–H groups in total. The maximum Gasteiger partial charge on any atom is -0.0208 e. The van der Waals surface area contributed by atoms with Crippen molar-refractivity contribution in [2.24, 2.45) is 11.3 Å². The van der Waals surface area contributed by atoms with Crippen LogP contribution in [0.3, 0.4) is 0 Å². The van der Waals surface area contributed by atoms with Crippen LogP contribution in [0, 0.1) is 17.3 Å². The third-order valence-electron chi connectivity index (χ3n) is 3.23. The van der Waals surface area contributed by atoms with Crippen LogP contribution in [0.4, 0.5) is 0 Å². The summed E-state index contributed by atoms with van der Waals surface area (Å²) in [6.07, 6.45) is 7.04. The van der Waals surface area contributed by atoms with Crippen molar-refractivity contribution in [1.82, 2.24) is 0 Å². The quantitative estimate of drug-likeness (QED) is 0.549. The van der Waals surface area contributed by atoms with Crippen LogP contribution in [0.25, 0.3) is 0 Å². The van der Waals surface area contributed by atoms with Crippen LogP contribution in [0.5, 0.6) is 0 Å². The Morgan fingerprint density at radius 2 is 1.92 bits per heavy atom. The molecular weight excluding hydrogens is 144 g/mol. The van der Waals surface area contributed by atoms with Gasteiger partial charge in [-0.05, 0) is 36.5 Å². The molecule has 1 rings (SSSR count). The van der Waals surface area contributed by atoms with Gasteiger partial charge in [0.05, 0.1) is 0 Å². The third kappa shape index (κ3) is 2.24. The summed E-state index contributed by atoms with van der Waals surface area (Å²) in [5, 5.41) is 0. The molecule has 0 heteroatoms. The molecule has 0 aromatic rings. The monoisotopic (exact) mass is 167 g/mol. The summed E-state index contributed by atoms with van der Waals surface area (Å²) in [5.41, 5.74) is 0.506. The zero-order valence-corrected chi connectivity index (χ0v) is 9.11. The van der Waals surface area contributed by atoms with Crippen LogP contribution >= 0.6 is 0 Å². The van der Waals surface area contributed by atoms with E-state index in [0.717, 1.165) is 5.92 Å². The van der Waals surface area contributed by atoms with Gasteiger partial charge in [-0.25, -0.2) is 0 Å². The highest BCUT2D eigenvalue weighted by Crippen LogP contribution is 2.44. The molecule has 1 unspecified atom stereocenters. The molecule has 0 saturated heterocycles. The molecule has 1 atom stereocenters. The zero-order valence-electron chi connectivity index (χ0n) is 9.11. The fourth-order valence-electron chi connectivity index (χ4n) is 2.55. The second-order valence-electron chi connectivity index (χ2n) is 5.18. The lowest BCUT2D eigenvalue weighted by Gasteiger charge is -2.39. The van der Waals surface area contributed by atoms with E-state index in [0.29, 0.717) is 5.41 Å². The molecule has 1 aliphatic carbocycles. The molecule has 1 radical (unpaired) electrons. The molecule has 0 spiro atoms. The van der Waals surface area contributed by atoms with Crippen LogP contribution in [0.2, 0.25) is 0 Å². The average Bonchev–Trinajstić information content (AvgIpc) is 2.03. The fourth-order valence-corrected chi connectivity index (χ4v) is 2.55. The molecule has 0 aromatic carbocycles. The average molecular weight is 167 g/mol. The molecule has 0 nitrogen and oxygen atoms in total. The third-order valence-corrected chi connectivity index (χ3v) is 3.23. The van der Waals surface area contributed by atoms with Crippen molar-refractivity contribution in [3.63, 3.8) is 0 Å². The number of hydrogen-bond donors (Lipinski definition) is 0. The first-order chi connectivity index (χ1) is 5.55. The van der Waals surface area contributed by atoms with Gasteiger partial charge in [0.25, 0.3) is 0 Å². The van der Waals surface area contributed by atoms with E-state index in [2.05, 4.69) is 27.7 Å². The highest BCUT2D eigenvalue weighted by molar-refractivity contribution is 5.02. The van der Waals surface area contributed by atoms with Crippen LogP contribution in [-0.4, -0.2) is 0 Å². The van der Waals surface area contributed by atoms with Gasteiger partial charge in [-0.2, -0.15) is 0 Å². The molecule has 1 aliphatic rings. The molecule has 0 heterocycles. The first-order valence-corrected chi connectivity index (χ1v) is 5.40. The lowest BCUT2D eigenvalue weighted by Crippen LogP contribution is -2.29. The van der Waals surface area contributed by atoms with E-state index >= 15 is 0 Å². The Balaban J connectivity index is 2.59. The summed E-state index contributed by atoms with van der Waals surface area (Å²) in [6.45, 7) is 9.48. The Morgan fingerprint density at radius 1 is 1.25 bits per heavy atom. The van der Waals surface area contributed by atoms with Crippen LogP contribution in [-0.2, 0) is 0 Å². The summed E-state index contributed by atoms with van der Waals surface area (Å²) >= 11 is 0. The van der Waals surface area contributed by atoms with E-state index < -0.39 is 0 Å². The van der Waals surface area contributed by atoms with Crippen molar-refractivity contribution in [3.8, 4) is 0 Å². The highest BCUT2D eigenvalue weighted by Gasteiger charge is 2.32. The largest absolute Gasteiger partial charge is 0.0648 e. The first kappa shape index (κ1) is 10.1. The molecule has 71 valence electrons.